The number of fused-ring (bicyclic) bond motifs is 1. The molecule has 4 rings (SSSR count). The highest BCUT2D eigenvalue weighted by Gasteiger charge is 2.17. The van der Waals surface area contributed by atoms with Crippen molar-refractivity contribution >= 4 is 32.4 Å². The fourth-order valence-corrected chi connectivity index (χ4v) is 3.90. The summed E-state index contributed by atoms with van der Waals surface area (Å²) in [5, 5.41) is 4.22. The summed E-state index contributed by atoms with van der Waals surface area (Å²) < 4.78 is 35.5. The zero-order chi connectivity index (χ0) is 22.0. The van der Waals surface area contributed by atoms with Crippen LogP contribution in [0.2, 0.25) is 5.02 Å². The standard InChI is InChI=1S/C22H20ClF2N4OP/c23-18-6-5-17(14-7-9-29-19(12-14)27-22(26)28-29)20(25)21(18)30-10-8-16(31)11-13-1-3-15(24)4-2-13/h1-7,9,12,16H,8,10-11,31H2,(H2,26,28). The first-order valence-corrected chi connectivity index (χ1v) is 10.7. The zero-order valence-corrected chi connectivity index (χ0v) is 18.3. The fraction of sp³-hybridized carbons (Fsp3) is 0.182. The largest absolute Gasteiger partial charge is 0.489 e. The van der Waals surface area contributed by atoms with Crippen LogP contribution in [0.3, 0.4) is 0 Å². The van der Waals surface area contributed by atoms with Gasteiger partial charge in [-0.2, -0.15) is 4.98 Å². The second-order valence-electron chi connectivity index (χ2n) is 7.15. The van der Waals surface area contributed by atoms with Crippen molar-refractivity contribution < 1.29 is 13.5 Å². The Hall–Kier alpha value is -2.76. The number of hydrogen-bond acceptors (Lipinski definition) is 4. The highest BCUT2D eigenvalue weighted by atomic mass is 35.5. The third-order valence-corrected chi connectivity index (χ3v) is 5.73. The van der Waals surface area contributed by atoms with Gasteiger partial charge in [0.05, 0.1) is 11.6 Å². The Balaban J connectivity index is 1.46. The van der Waals surface area contributed by atoms with Crippen molar-refractivity contribution in [2.24, 2.45) is 0 Å². The molecule has 160 valence electrons. The summed E-state index contributed by atoms with van der Waals surface area (Å²) in [6, 6.07) is 13.0. The Kier molecular flexibility index (Phi) is 6.35. The molecule has 0 saturated heterocycles. The average Bonchev–Trinajstić information content (AvgIpc) is 3.11. The normalized spacial score (nSPS) is 12.3. The van der Waals surface area contributed by atoms with Crippen LogP contribution >= 0.6 is 20.8 Å². The maximum atomic E-state index is 15.2. The summed E-state index contributed by atoms with van der Waals surface area (Å²) in [4.78, 5) is 4.10. The van der Waals surface area contributed by atoms with E-state index in [-0.39, 0.29) is 34.8 Å². The molecular weight excluding hydrogens is 441 g/mol. The SMILES string of the molecule is Nc1nc2cc(-c3ccc(Cl)c(OCCC(P)Cc4ccc(F)cc4)c3F)ccn2n1. The number of nitrogen functional groups attached to an aromatic ring is 1. The fourth-order valence-electron chi connectivity index (χ4n) is 3.29. The molecule has 0 amide bonds. The van der Waals surface area contributed by atoms with Gasteiger partial charge in [0.1, 0.15) is 5.82 Å². The van der Waals surface area contributed by atoms with Gasteiger partial charge in [0.15, 0.2) is 17.2 Å². The molecule has 5 nitrogen and oxygen atoms in total. The van der Waals surface area contributed by atoms with Crippen LogP contribution in [0, 0.1) is 11.6 Å². The molecule has 31 heavy (non-hydrogen) atoms. The third-order valence-electron chi connectivity index (χ3n) is 4.86. The van der Waals surface area contributed by atoms with E-state index in [1.807, 2.05) is 0 Å². The molecule has 2 aromatic heterocycles. The molecule has 0 bridgehead atoms. The Bertz CT molecular complexity index is 1220. The molecule has 2 N–H and O–H groups in total. The molecule has 0 radical (unpaired) electrons. The average molecular weight is 461 g/mol. The van der Waals surface area contributed by atoms with Crippen molar-refractivity contribution in [3.05, 3.63) is 76.9 Å². The Morgan fingerprint density at radius 1 is 1.13 bits per heavy atom. The Morgan fingerprint density at radius 3 is 2.68 bits per heavy atom. The van der Waals surface area contributed by atoms with Gasteiger partial charge < -0.3 is 10.5 Å². The summed E-state index contributed by atoms with van der Waals surface area (Å²) in [6.45, 7) is 0.287. The summed E-state index contributed by atoms with van der Waals surface area (Å²) in [7, 11) is 2.75. The smallest absolute Gasteiger partial charge is 0.240 e. The minimum Gasteiger partial charge on any atom is -0.489 e. The summed E-state index contributed by atoms with van der Waals surface area (Å²) in [6.07, 6.45) is 3.07. The number of pyridine rings is 1. The van der Waals surface area contributed by atoms with Crippen molar-refractivity contribution in [2.45, 2.75) is 18.5 Å². The number of anilines is 1. The van der Waals surface area contributed by atoms with E-state index < -0.39 is 5.82 Å². The first-order chi connectivity index (χ1) is 14.9. The van der Waals surface area contributed by atoms with Gasteiger partial charge in [0.25, 0.3) is 0 Å². The second kappa shape index (κ2) is 9.16. The van der Waals surface area contributed by atoms with Gasteiger partial charge in [0, 0.05) is 11.8 Å². The second-order valence-corrected chi connectivity index (χ2v) is 8.50. The zero-order valence-electron chi connectivity index (χ0n) is 16.4. The number of rotatable bonds is 7. The highest BCUT2D eigenvalue weighted by Crippen LogP contribution is 2.35. The maximum Gasteiger partial charge on any atom is 0.240 e. The monoisotopic (exact) mass is 460 g/mol. The van der Waals surface area contributed by atoms with Crippen molar-refractivity contribution in [1.82, 2.24) is 14.6 Å². The molecule has 2 unspecified atom stereocenters. The van der Waals surface area contributed by atoms with Crippen LogP contribution in [0.25, 0.3) is 16.8 Å². The predicted molar refractivity (Wildman–Crippen MR) is 122 cm³/mol. The van der Waals surface area contributed by atoms with E-state index in [0.29, 0.717) is 23.2 Å². The lowest BCUT2D eigenvalue weighted by molar-refractivity contribution is 0.294. The van der Waals surface area contributed by atoms with Crippen LogP contribution in [0.4, 0.5) is 14.7 Å². The van der Waals surface area contributed by atoms with E-state index in [0.717, 1.165) is 12.0 Å². The summed E-state index contributed by atoms with van der Waals surface area (Å²) in [5.41, 5.74) is 8.30. The first-order valence-electron chi connectivity index (χ1n) is 9.64. The number of ether oxygens (including phenoxy) is 1. The van der Waals surface area contributed by atoms with E-state index in [4.69, 9.17) is 22.1 Å². The Morgan fingerprint density at radius 2 is 1.90 bits per heavy atom. The van der Waals surface area contributed by atoms with E-state index in [9.17, 15) is 4.39 Å². The van der Waals surface area contributed by atoms with Crippen LogP contribution in [0.5, 0.6) is 5.75 Å². The van der Waals surface area contributed by atoms with E-state index in [1.165, 1.54) is 16.6 Å². The number of aromatic nitrogens is 3. The number of halogens is 3. The van der Waals surface area contributed by atoms with Crippen LogP contribution in [0.1, 0.15) is 12.0 Å². The van der Waals surface area contributed by atoms with Crippen LogP contribution in [-0.4, -0.2) is 26.9 Å². The van der Waals surface area contributed by atoms with Gasteiger partial charge >= 0.3 is 0 Å². The Labute approximate surface area is 185 Å². The van der Waals surface area contributed by atoms with Crippen molar-refractivity contribution in [3.8, 4) is 16.9 Å². The highest BCUT2D eigenvalue weighted by molar-refractivity contribution is 7.17. The minimum absolute atomic E-state index is 0.0130. The number of hydrogen-bond donors (Lipinski definition) is 1. The van der Waals surface area contributed by atoms with Crippen LogP contribution < -0.4 is 10.5 Å². The lowest BCUT2D eigenvalue weighted by Crippen LogP contribution is -2.10. The van der Waals surface area contributed by atoms with Gasteiger partial charge in [-0.05, 0) is 66.0 Å². The third kappa shape index (κ3) is 4.94. The van der Waals surface area contributed by atoms with Crippen molar-refractivity contribution in [2.75, 3.05) is 12.3 Å². The van der Waals surface area contributed by atoms with Crippen molar-refractivity contribution in [3.63, 3.8) is 0 Å². The molecule has 9 heteroatoms. The molecule has 2 aromatic carbocycles. The molecule has 2 atom stereocenters. The molecule has 4 aromatic rings. The molecule has 0 aliphatic rings. The lowest BCUT2D eigenvalue weighted by atomic mass is 10.1. The molecule has 2 heterocycles. The molecule has 0 fully saturated rings. The molecular formula is C22H20ClF2N4OP. The van der Waals surface area contributed by atoms with Gasteiger partial charge in [-0.15, -0.1) is 14.3 Å². The summed E-state index contributed by atoms with van der Waals surface area (Å²) >= 11 is 6.20. The van der Waals surface area contributed by atoms with Gasteiger partial charge in [-0.1, -0.05) is 23.7 Å². The number of nitrogens with two attached hydrogens (primary N) is 1. The topological polar surface area (TPSA) is 65.4 Å². The molecule has 0 spiro atoms. The van der Waals surface area contributed by atoms with E-state index >= 15 is 4.39 Å². The van der Waals surface area contributed by atoms with Gasteiger partial charge in [-0.3, -0.25) is 0 Å². The van der Waals surface area contributed by atoms with Gasteiger partial charge in [0.2, 0.25) is 5.95 Å². The predicted octanol–water partition coefficient (Wildman–Crippen LogP) is 5.17. The lowest BCUT2D eigenvalue weighted by Gasteiger charge is -2.15. The van der Waals surface area contributed by atoms with E-state index in [2.05, 4.69) is 19.3 Å². The maximum absolute atomic E-state index is 15.2. The van der Waals surface area contributed by atoms with E-state index in [1.54, 1.807) is 42.6 Å². The van der Waals surface area contributed by atoms with Crippen LogP contribution in [0.15, 0.2) is 54.7 Å². The quantitative estimate of drug-likeness (QED) is 0.387. The molecule has 0 saturated carbocycles. The molecule has 0 aliphatic carbocycles. The number of benzene rings is 2. The summed E-state index contributed by atoms with van der Waals surface area (Å²) in [5.74, 6) is -0.642. The number of nitrogens with zero attached hydrogens (tertiary/aromatic N) is 3. The molecule has 0 aliphatic heterocycles. The first kappa shape index (κ1) is 21.5. The van der Waals surface area contributed by atoms with Crippen LogP contribution in [-0.2, 0) is 6.42 Å². The van der Waals surface area contributed by atoms with Crippen molar-refractivity contribution in [1.29, 1.82) is 0 Å². The minimum atomic E-state index is -0.539. The van der Waals surface area contributed by atoms with Gasteiger partial charge in [-0.25, -0.2) is 13.3 Å².